The number of allylic oxidation sites excluding steroid dienone is 1. The van der Waals surface area contributed by atoms with Crippen molar-refractivity contribution in [1.29, 1.82) is 0 Å². The van der Waals surface area contributed by atoms with E-state index in [0.29, 0.717) is 0 Å². The molecule has 0 fully saturated rings. The molecule has 1 aromatic carbocycles. The summed E-state index contributed by atoms with van der Waals surface area (Å²) >= 11 is 0. The molecule has 0 bridgehead atoms. The average molecular weight is 250 g/mol. The molecule has 0 amide bonds. The second-order valence-electron chi connectivity index (χ2n) is 5.08. The lowest BCUT2D eigenvalue weighted by atomic mass is 9.90. The van der Waals surface area contributed by atoms with E-state index < -0.39 is 0 Å². The van der Waals surface area contributed by atoms with Crippen molar-refractivity contribution in [3.8, 4) is 0 Å². The second-order valence-corrected chi connectivity index (χ2v) is 5.08. The van der Waals surface area contributed by atoms with Crippen LogP contribution in [-0.2, 0) is 0 Å². The Labute approximate surface area is 111 Å². The van der Waals surface area contributed by atoms with Gasteiger partial charge in [-0.05, 0) is 35.9 Å². The van der Waals surface area contributed by atoms with Gasteiger partial charge in [0.1, 0.15) is 0 Å². The largest absolute Gasteiger partial charge is 0.399 e. The quantitative estimate of drug-likeness (QED) is 0.613. The first-order chi connectivity index (χ1) is 9.20. The van der Waals surface area contributed by atoms with Crippen LogP contribution in [0.2, 0.25) is 0 Å². The van der Waals surface area contributed by atoms with E-state index in [4.69, 9.17) is 11.5 Å². The van der Waals surface area contributed by atoms with Crippen molar-refractivity contribution < 1.29 is 0 Å². The highest BCUT2D eigenvalue weighted by Gasteiger charge is 2.32. The van der Waals surface area contributed by atoms with E-state index in [1.165, 1.54) is 11.1 Å². The molecule has 2 aliphatic heterocycles. The molecule has 1 aliphatic carbocycles. The Hall–Kier alpha value is -2.33. The number of aliphatic imine (C=N–C) groups is 1. The van der Waals surface area contributed by atoms with Crippen molar-refractivity contribution in [2.24, 2.45) is 10.7 Å². The van der Waals surface area contributed by atoms with E-state index in [9.17, 15) is 0 Å². The Bertz CT molecular complexity index is 694. The standard InChI is InChI=1S/C15H14N4/c16-9-2-1-8-5-14-15(19-12(8)6-9)11-4-3-10(17)7-13(11)18-14/h1-7,12,15,19H,16-17H2. The summed E-state index contributed by atoms with van der Waals surface area (Å²) in [5, 5.41) is 3.58. The number of fused-ring (bicyclic) bond motifs is 4. The Balaban J connectivity index is 1.81. The van der Waals surface area contributed by atoms with Gasteiger partial charge in [-0.3, -0.25) is 10.3 Å². The van der Waals surface area contributed by atoms with E-state index in [0.717, 1.165) is 22.8 Å². The molecule has 19 heavy (non-hydrogen) atoms. The molecule has 4 heteroatoms. The summed E-state index contributed by atoms with van der Waals surface area (Å²) in [4.78, 5) is 4.66. The number of nitrogens with zero attached hydrogens (tertiary/aromatic N) is 1. The van der Waals surface area contributed by atoms with E-state index >= 15 is 0 Å². The summed E-state index contributed by atoms with van der Waals surface area (Å²) in [5.41, 5.74) is 17.6. The molecule has 0 spiro atoms. The molecule has 2 atom stereocenters. The van der Waals surface area contributed by atoms with E-state index in [-0.39, 0.29) is 12.1 Å². The van der Waals surface area contributed by atoms with Crippen LogP contribution in [-0.4, -0.2) is 11.8 Å². The number of hydrogen-bond acceptors (Lipinski definition) is 4. The summed E-state index contributed by atoms with van der Waals surface area (Å²) in [7, 11) is 0. The highest BCUT2D eigenvalue weighted by molar-refractivity contribution is 6.07. The van der Waals surface area contributed by atoms with Crippen LogP contribution in [0, 0.1) is 0 Å². The first kappa shape index (κ1) is 10.6. The van der Waals surface area contributed by atoms with Gasteiger partial charge < -0.3 is 11.5 Å². The minimum absolute atomic E-state index is 0.139. The van der Waals surface area contributed by atoms with E-state index in [2.05, 4.69) is 16.4 Å². The lowest BCUT2D eigenvalue weighted by Gasteiger charge is -2.29. The van der Waals surface area contributed by atoms with Gasteiger partial charge in [0.05, 0.1) is 23.5 Å². The molecular weight excluding hydrogens is 236 g/mol. The van der Waals surface area contributed by atoms with Gasteiger partial charge in [-0.1, -0.05) is 12.1 Å². The third-order valence-corrected chi connectivity index (χ3v) is 3.76. The molecule has 0 saturated carbocycles. The number of benzene rings is 1. The summed E-state index contributed by atoms with van der Waals surface area (Å²) in [6.07, 6.45) is 8.15. The lowest BCUT2D eigenvalue weighted by molar-refractivity contribution is 0.611. The van der Waals surface area contributed by atoms with Crippen LogP contribution in [0.3, 0.4) is 0 Å². The van der Waals surface area contributed by atoms with Gasteiger partial charge in [-0.15, -0.1) is 0 Å². The molecule has 0 saturated heterocycles. The Morgan fingerprint density at radius 2 is 2.05 bits per heavy atom. The fourth-order valence-corrected chi connectivity index (χ4v) is 2.83. The molecule has 0 aromatic heterocycles. The van der Waals surface area contributed by atoms with Gasteiger partial charge in [0.25, 0.3) is 0 Å². The van der Waals surface area contributed by atoms with Crippen molar-refractivity contribution in [3.05, 3.63) is 59.3 Å². The predicted octanol–water partition coefficient (Wildman–Crippen LogP) is 1.71. The van der Waals surface area contributed by atoms with Crippen molar-refractivity contribution in [3.63, 3.8) is 0 Å². The number of rotatable bonds is 0. The maximum Gasteiger partial charge on any atom is 0.0779 e. The molecular formula is C15H14N4. The molecule has 0 radical (unpaired) electrons. The van der Waals surface area contributed by atoms with Gasteiger partial charge in [0.2, 0.25) is 0 Å². The highest BCUT2D eigenvalue weighted by Crippen LogP contribution is 2.39. The summed E-state index contributed by atoms with van der Waals surface area (Å²) in [6, 6.07) is 6.19. The van der Waals surface area contributed by atoms with Crippen LogP contribution in [0.5, 0.6) is 0 Å². The molecule has 4 rings (SSSR count). The van der Waals surface area contributed by atoms with Gasteiger partial charge in [0.15, 0.2) is 0 Å². The lowest BCUT2D eigenvalue weighted by Crippen LogP contribution is -2.40. The number of nitrogen functional groups attached to an aromatic ring is 1. The Morgan fingerprint density at radius 1 is 1.16 bits per heavy atom. The fraction of sp³-hybridized carbons (Fsp3) is 0.133. The average Bonchev–Trinajstić information content (AvgIpc) is 2.72. The zero-order chi connectivity index (χ0) is 13.0. The molecule has 5 N–H and O–H groups in total. The van der Waals surface area contributed by atoms with Crippen molar-refractivity contribution in [1.82, 2.24) is 5.32 Å². The molecule has 94 valence electrons. The van der Waals surface area contributed by atoms with Gasteiger partial charge in [-0.25, -0.2) is 0 Å². The molecule has 2 unspecified atom stereocenters. The highest BCUT2D eigenvalue weighted by atomic mass is 15.0. The Morgan fingerprint density at radius 3 is 2.95 bits per heavy atom. The van der Waals surface area contributed by atoms with Crippen LogP contribution >= 0.6 is 0 Å². The van der Waals surface area contributed by atoms with Crippen molar-refractivity contribution in [2.45, 2.75) is 12.1 Å². The van der Waals surface area contributed by atoms with Crippen molar-refractivity contribution >= 4 is 17.1 Å². The number of nitrogens with one attached hydrogen (secondary N) is 1. The minimum atomic E-state index is 0.139. The fourth-order valence-electron chi connectivity index (χ4n) is 2.83. The smallest absolute Gasteiger partial charge is 0.0779 e. The van der Waals surface area contributed by atoms with Gasteiger partial charge in [0, 0.05) is 16.9 Å². The second kappa shape index (κ2) is 3.59. The maximum atomic E-state index is 5.85. The summed E-state index contributed by atoms with van der Waals surface area (Å²) in [5.74, 6) is 0. The zero-order valence-corrected chi connectivity index (χ0v) is 10.3. The molecule has 4 nitrogen and oxygen atoms in total. The maximum absolute atomic E-state index is 5.85. The van der Waals surface area contributed by atoms with Crippen LogP contribution in [0.1, 0.15) is 11.6 Å². The normalized spacial score (nSPS) is 26.8. The van der Waals surface area contributed by atoms with E-state index in [1.807, 2.05) is 36.4 Å². The Kier molecular flexibility index (Phi) is 2.00. The van der Waals surface area contributed by atoms with Crippen molar-refractivity contribution in [2.75, 3.05) is 5.73 Å². The minimum Gasteiger partial charge on any atom is -0.399 e. The van der Waals surface area contributed by atoms with Gasteiger partial charge >= 0.3 is 0 Å². The third kappa shape index (κ3) is 1.54. The number of hydrogen-bond donors (Lipinski definition) is 3. The van der Waals surface area contributed by atoms with Crippen LogP contribution in [0.4, 0.5) is 11.4 Å². The first-order valence-electron chi connectivity index (χ1n) is 6.32. The summed E-state index contributed by atoms with van der Waals surface area (Å²) in [6.45, 7) is 0. The number of anilines is 1. The zero-order valence-electron chi connectivity index (χ0n) is 10.3. The SMILES string of the molecule is NC1=CC2NC3C(=Nc4cc(N)ccc43)C=C2C=C1. The van der Waals surface area contributed by atoms with Crippen LogP contribution < -0.4 is 16.8 Å². The van der Waals surface area contributed by atoms with Gasteiger partial charge in [-0.2, -0.15) is 0 Å². The predicted molar refractivity (Wildman–Crippen MR) is 77.1 cm³/mol. The van der Waals surface area contributed by atoms with Crippen LogP contribution in [0.25, 0.3) is 0 Å². The monoisotopic (exact) mass is 250 g/mol. The third-order valence-electron chi connectivity index (χ3n) is 3.76. The molecule has 1 aromatic rings. The van der Waals surface area contributed by atoms with Crippen LogP contribution in [0.15, 0.2) is 58.8 Å². The molecule has 3 aliphatic rings. The molecule has 2 heterocycles. The topological polar surface area (TPSA) is 76.4 Å². The van der Waals surface area contributed by atoms with E-state index in [1.54, 1.807) is 0 Å². The number of nitrogens with two attached hydrogens (primary N) is 2. The summed E-state index contributed by atoms with van der Waals surface area (Å²) < 4.78 is 0. The first-order valence-corrected chi connectivity index (χ1v) is 6.32.